The molecule has 5 rings (SSSR count). The maximum atomic E-state index is 13.3. The smallest absolute Gasteiger partial charge is 0.224 e. The average Bonchev–Trinajstić information content (AvgIpc) is 3.22. The van der Waals surface area contributed by atoms with E-state index >= 15 is 0 Å². The molecule has 2 unspecified atom stereocenters. The minimum atomic E-state index is -0.467. The highest BCUT2D eigenvalue weighted by molar-refractivity contribution is 6.03. The van der Waals surface area contributed by atoms with Crippen LogP contribution < -0.4 is 16.4 Å². The maximum absolute atomic E-state index is 13.3. The predicted molar refractivity (Wildman–Crippen MR) is 112 cm³/mol. The number of nitrogens with zero attached hydrogens (tertiary/aromatic N) is 3. The largest absolute Gasteiger partial charge is 0.373 e. The Morgan fingerprint density at radius 1 is 1.07 bits per heavy atom. The van der Waals surface area contributed by atoms with Crippen molar-refractivity contribution in [3.63, 3.8) is 0 Å². The molecule has 3 heterocycles. The summed E-state index contributed by atoms with van der Waals surface area (Å²) in [4.78, 5) is 21.8. The molecule has 144 valence electrons. The molecule has 2 aromatic heterocycles. The molecule has 4 aromatic rings. The van der Waals surface area contributed by atoms with Gasteiger partial charge >= 0.3 is 0 Å². The fourth-order valence-electron chi connectivity index (χ4n) is 3.76. The van der Waals surface area contributed by atoms with Crippen LogP contribution in [0.15, 0.2) is 60.8 Å². The van der Waals surface area contributed by atoms with Gasteiger partial charge < -0.3 is 16.4 Å². The van der Waals surface area contributed by atoms with E-state index in [0.29, 0.717) is 23.4 Å². The highest BCUT2D eigenvalue weighted by Gasteiger charge is 2.34. The Hall–Kier alpha value is -3.94. The number of nitrogens with one attached hydrogen (secondary N) is 3. The number of anilines is 3. The zero-order chi connectivity index (χ0) is 19.8. The number of nitrogens with two attached hydrogens (primary N) is 1. The molecule has 0 bridgehead atoms. The highest BCUT2D eigenvalue weighted by Crippen LogP contribution is 2.29. The van der Waals surface area contributed by atoms with E-state index in [4.69, 9.17) is 5.73 Å². The second-order valence-corrected chi connectivity index (χ2v) is 7.03. The summed E-state index contributed by atoms with van der Waals surface area (Å²) in [6.45, 7) is 0. The number of ketones is 1. The summed E-state index contributed by atoms with van der Waals surface area (Å²) >= 11 is 0. The van der Waals surface area contributed by atoms with Crippen molar-refractivity contribution < 1.29 is 4.79 Å². The molecule has 0 spiro atoms. The first-order chi connectivity index (χ1) is 14.2. The average molecular weight is 385 g/mol. The summed E-state index contributed by atoms with van der Waals surface area (Å²) in [7, 11) is 0. The van der Waals surface area contributed by atoms with Crippen LogP contribution in [-0.4, -0.2) is 38.0 Å². The standard InChI is InChI=1S/C21H19N7O/c22-21-26-19(14-11-23-28-20(14)27-21)25-16-10-13-8-4-5-9-15(13)24-17(16)18(29)12-6-2-1-3-7-12/h1-9,11,16-17,24H,10H2,(H4,22,23,25,26,27,28). The predicted octanol–water partition coefficient (Wildman–Crippen LogP) is 2.64. The van der Waals surface area contributed by atoms with Gasteiger partial charge in [-0.1, -0.05) is 48.5 Å². The van der Waals surface area contributed by atoms with Gasteiger partial charge in [0.05, 0.1) is 17.6 Å². The van der Waals surface area contributed by atoms with E-state index in [9.17, 15) is 4.79 Å². The van der Waals surface area contributed by atoms with E-state index in [2.05, 4.69) is 36.9 Å². The summed E-state index contributed by atoms with van der Waals surface area (Å²) < 4.78 is 0. The van der Waals surface area contributed by atoms with Gasteiger partial charge in [-0.25, -0.2) is 0 Å². The topological polar surface area (TPSA) is 122 Å². The molecule has 1 aliphatic rings. The summed E-state index contributed by atoms with van der Waals surface area (Å²) in [6.07, 6.45) is 2.31. The lowest BCUT2D eigenvalue weighted by Gasteiger charge is -2.34. The lowest BCUT2D eigenvalue weighted by atomic mass is 9.88. The van der Waals surface area contributed by atoms with Gasteiger partial charge in [0.1, 0.15) is 11.9 Å². The van der Waals surface area contributed by atoms with Crippen molar-refractivity contribution in [1.82, 2.24) is 20.2 Å². The molecule has 0 saturated heterocycles. The van der Waals surface area contributed by atoms with Gasteiger partial charge in [0.2, 0.25) is 5.95 Å². The molecule has 0 fully saturated rings. The quantitative estimate of drug-likeness (QED) is 0.398. The zero-order valence-electron chi connectivity index (χ0n) is 15.5. The van der Waals surface area contributed by atoms with Crippen molar-refractivity contribution in [3.8, 4) is 0 Å². The van der Waals surface area contributed by atoms with E-state index in [1.54, 1.807) is 6.20 Å². The van der Waals surface area contributed by atoms with Crippen molar-refractivity contribution in [2.75, 3.05) is 16.4 Å². The van der Waals surface area contributed by atoms with Crippen LogP contribution in [0.5, 0.6) is 0 Å². The Kier molecular flexibility index (Phi) is 4.09. The maximum Gasteiger partial charge on any atom is 0.224 e. The van der Waals surface area contributed by atoms with Gasteiger partial charge in [0.25, 0.3) is 0 Å². The highest BCUT2D eigenvalue weighted by atomic mass is 16.1. The zero-order valence-corrected chi connectivity index (χ0v) is 15.5. The van der Waals surface area contributed by atoms with Crippen LogP contribution in [0.3, 0.4) is 0 Å². The summed E-state index contributed by atoms with van der Waals surface area (Å²) in [6, 6.07) is 16.6. The molecule has 2 atom stereocenters. The van der Waals surface area contributed by atoms with Gasteiger partial charge in [-0.15, -0.1) is 0 Å². The molecule has 2 aromatic carbocycles. The van der Waals surface area contributed by atoms with Gasteiger partial charge in [0.15, 0.2) is 11.4 Å². The molecule has 5 N–H and O–H groups in total. The number of carbonyl (C=O) groups excluding carboxylic acids is 1. The first kappa shape index (κ1) is 17.2. The van der Waals surface area contributed by atoms with E-state index < -0.39 is 6.04 Å². The van der Waals surface area contributed by atoms with Crippen molar-refractivity contribution in [2.45, 2.75) is 18.5 Å². The number of fused-ring (bicyclic) bond motifs is 2. The fourth-order valence-corrected chi connectivity index (χ4v) is 3.76. The molecule has 1 aliphatic heterocycles. The summed E-state index contributed by atoms with van der Waals surface area (Å²) in [5, 5.41) is 14.4. The lowest BCUT2D eigenvalue weighted by Crippen LogP contribution is -2.49. The number of hydrogen-bond donors (Lipinski definition) is 4. The Morgan fingerprint density at radius 3 is 2.72 bits per heavy atom. The summed E-state index contributed by atoms with van der Waals surface area (Å²) in [5.74, 6) is 0.709. The third-order valence-electron chi connectivity index (χ3n) is 5.16. The molecule has 8 nitrogen and oxygen atoms in total. The second kappa shape index (κ2) is 6.90. The number of para-hydroxylation sites is 1. The molecular weight excluding hydrogens is 366 g/mol. The number of Topliss-reactive ketones (excluding diaryl/α,β-unsaturated/α-hetero) is 1. The fraction of sp³-hybridized carbons (Fsp3) is 0.143. The van der Waals surface area contributed by atoms with Gasteiger partial charge in [-0.3, -0.25) is 9.89 Å². The van der Waals surface area contributed by atoms with Crippen LogP contribution >= 0.6 is 0 Å². The number of hydrogen-bond acceptors (Lipinski definition) is 7. The second-order valence-electron chi connectivity index (χ2n) is 7.03. The third kappa shape index (κ3) is 3.14. The van der Waals surface area contributed by atoms with E-state index in [0.717, 1.165) is 16.6 Å². The van der Waals surface area contributed by atoms with Crippen molar-refractivity contribution in [1.29, 1.82) is 0 Å². The first-order valence-electron chi connectivity index (χ1n) is 9.36. The van der Waals surface area contributed by atoms with Crippen LogP contribution in [0, 0.1) is 0 Å². The number of rotatable bonds is 4. The molecular formula is C21H19N7O. The van der Waals surface area contributed by atoms with E-state index in [1.807, 2.05) is 48.5 Å². The SMILES string of the molecule is Nc1nc(NC2Cc3ccccc3NC2C(=O)c2ccccc2)c2cn[nH]c2n1. The monoisotopic (exact) mass is 385 g/mol. The Balaban J connectivity index is 1.54. The molecule has 29 heavy (non-hydrogen) atoms. The van der Waals surface area contributed by atoms with Crippen LogP contribution in [-0.2, 0) is 6.42 Å². The number of benzene rings is 2. The molecule has 0 aliphatic carbocycles. The third-order valence-corrected chi connectivity index (χ3v) is 5.16. The van der Waals surface area contributed by atoms with Crippen molar-refractivity contribution in [2.24, 2.45) is 0 Å². The van der Waals surface area contributed by atoms with Crippen LogP contribution in [0.2, 0.25) is 0 Å². The number of aromatic amines is 1. The summed E-state index contributed by atoms with van der Waals surface area (Å²) in [5.41, 5.74) is 9.17. The number of aromatic nitrogens is 4. The van der Waals surface area contributed by atoms with Crippen LogP contribution in [0.1, 0.15) is 15.9 Å². The molecule has 0 amide bonds. The van der Waals surface area contributed by atoms with Gasteiger partial charge in [-0.05, 0) is 18.1 Å². The Bertz CT molecular complexity index is 1190. The van der Waals surface area contributed by atoms with Gasteiger partial charge in [0, 0.05) is 11.3 Å². The Labute approximate surface area is 166 Å². The minimum Gasteiger partial charge on any atom is -0.373 e. The molecule has 8 heteroatoms. The van der Waals surface area contributed by atoms with Crippen LogP contribution in [0.25, 0.3) is 11.0 Å². The lowest BCUT2D eigenvalue weighted by molar-refractivity contribution is 0.0960. The minimum absolute atomic E-state index is 0.0167. The van der Waals surface area contributed by atoms with Crippen molar-refractivity contribution >= 4 is 34.3 Å². The van der Waals surface area contributed by atoms with E-state index in [1.165, 1.54) is 0 Å². The normalized spacial score (nSPS) is 18.1. The molecule has 0 radical (unpaired) electrons. The first-order valence-corrected chi connectivity index (χ1v) is 9.36. The number of carbonyl (C=O) groups is 1. The van der Waals surface area contributed by atoms with Crippen LogP contribution in [0.4, 0.5) is 17.5 Å². The van der Waals surface area contributed by atoms with E-state index in [-0.39, 0.29) is 17.8 Å². The van der Waals surface area contributed by atoms with Gasteiger partial charge in [-0.2, -0.15) is 15.1 Å². The number of nitrogen functional groups attached to an aromatic ring is 1. The number of H-pyrrole nitrogens is 1. The molecule has 0 saturated carbocycles. The Morgan fingerprint density at radius 2 is 1.86 bits per heavy atom. The van der Waals surface area contributed by atoms with Crippen molar-refractivity contribution in [3.05, 3.63) is 71.9 Å².